The summed E-state index contributed by atoms with van der Waals surface area (Å²) in [4.78, 5) is 0. The van der Waals surface area contributed by atoms with Crippen molar-refractivity contribution >= 4 is 22.8 Å². The zero-order valence-corrected chi connectivity index (χ0v) is 24.7. The fraction of sp³-hybridized carbons (Fsp3) is 0.486. The van der Waals surface area contributed by atoms with Gasteiger partial charge in [0.15, 0.2) is 0 Å². The van der Waals surface area contributed by atoms with E-state index < -0.39 is 0 Å². The van der Waals surface area contributed by atoms with Crippen molar-refractivity contribution in [3.8, 4) is 28.0 Å². The van der Waals surface area contributed by atoms with Crippen LogP contribution in [0.15, 0.2) is 60.7 Å². The maximum Gasteiger partial charge on any atom is 0.135 e. The highest BCUT2D eigenvalue weighted by atomic mass is 32.1. The predicted octanol–water partition coefficient (Wildman–Crippen LogP) is 11.1. The van der Waals surface area contributed by atoms with E-state index >= 15 is 0 Å². The van der Waals surface area contributed by atoms with Crippen LogP contribution in [0, 0.1) is 0 Å². The molecule has 0 spiro atoms. The molecule has 0 atom stereocenters. The molecule has 0 radical (unpaired) electrons. The Balaban J connectivity index is 1.51. The van der Waals surface area contributed by atoms with Crippen molar-refractivity contribution in [2.24, 2.45) is 0 Å². The van der Waals surface area contributed by atoms with Crippen LogP contribution < -0.4 is 4.74 Å². The minimum absolute atomic E-state index is 0.288. The van der Waals surface area contributed by atoms with Crippen molar-refractivity contribution in [3.63, 3.8) is 0 Å². The van der Waals surface area contributed by atoms with E-state index in [1.54, 1.807) is 0 Å². The standard InChI is InChI=1S/C35H44N2OS/c1-3-5-7-9-11-15-24-35(25-16-12-10-8-6-4-2)31-26-27(28-19-17-20-32-34(28)37-39-36-32)22-23-29(31)30-18-13-14-21-33(30)38-35/h13-14,17-23,26H,3-12,15-16,24-25H2,1-2H3. The van der Waals surface area contributed by atoms with Gasteiger partial charge in [-0.25, -0.2) is 0 Å². The highest BCUT2D eigenvalue weighted by Crippen LogP contribution is 2.50. The molecule has 0 saturated carbocycles. The molecule has 0 bridgehead atoms. The summed E-state index contributed by atoms with van der Waals surface area (Å²) >= 11 is 1.29. The molecular formula is C35H44N2OS. The average Bonchev–Trinajstić information content (AvgIpc) is 3.46. The van der Waals surface area contributed by atoms with Gasteiger partial charge in [-0.1, -0.05) is 121 Å². The molecule has 206 valence electrons. The number of rotatable bonds is 15. The number of fused-ring (bicyclic) bond motifs is 4. The minimum atomic E-state index is -0.288. The van der Waals surface area contributed by atoms with Gasteiger partial charge in [0.1, 0.15) is 22.4 Å². The average molecular weight is 541 g/mol. The third kappa shape index (κ3) is 6.38. The quantitative estimate of drug-likeness (QED) is 0.141. The van der Waals surface area contributed by atoms with Gasteiger partial charge >= 0.3 is 0 Å². The summed E-state index contributed by atoms with van der Waals surface area (Å²) in [5.41, 5.74) is 7.97. The Bertz CT molecular complexity index is 1330. The van der Waals surface area contributed by atoms with Crippen LogP contribution in [0.25, 0.3) is 33.3 Å². The molecule has 1 aromatic heterocycles. The lowest BCUT2D eigenvalue weighted by molar-refractivity contribution is 0.0386. The van der Waals surface area contributed by atoms with Gasteiger partial charge < -0.3 is 4.74 Å². The van der Waals surface area contributed by atoms with Gasteiger partial charge in [-0.2, -0.15) is 8.75 Å². The summed E-state index contributed by atoms with van der Waals surface area (Å²) in [5, 5.41) is 0. The molecule has 0 unspecified atom stereocenters. The Morgan fingerprint density at radius 1 is 0.641 bits per heavy atom. The van der Waals surface area contributed by atoms with Crippen molar-refractivity contribution in [2.75, 3.05) is 0 Å². The summed E-state index contributed by atoms with van der Waals surface area (Å²) < 4.78 is 16.3. The van der Waals surface area contributed by atoms with Crippen LogP contribution in [0.5, 0.6) is 5.75 Å². The van der Waals surface area contributed by atoms with Crippen molar-refractivity contribution in [1.82, 2.24) is 8.75 Å². The highest BCUT2D eigenvalue weighted by molar-refractivity contribution is 7.00. The van der Waals surface area contributed by atoms with Gasteiger partial charge in [-0.3, -0.25) is 0 Å². The molecule has 4 aromatic rings. The van der Waals surface area contributed by atoms with Crippen molar-refractivity contribution in [3.05, 3.63) is 66.2 Å². The Hall–Kier alpha value is -2.72. The monoisotopic (exact) mass is 540 g/mol. The predicted molar refractivity (Wildman–Crippen MR) is 167 cm³/mol. The van der Waals surface area contributed by atoms with Crippen molar-refractivity contribution in [1.29, 1.82) is 0 Å². The van der Waals surface area contributed by atoms with Crippen LogP contribution in [-0.2, 0) is 5.60 Å². The number of para-hydroxylation sites is 1. The van der Waals surface area contributed by atoms with Crippen LogP contribution in [0.4, 0.5) is 0 Å². The second-order valence-corrected chi connectivity index (χ2v) is 11.9. The van der Waals surface area contributed by atoms with E-state index in [2.05, 4.69) is 83.3 Å². The molecule has 3 aromatic carbocycles. The largest absolute Gasteiger partial charge is 0.482 e. The molecule has 0 N–H and O–H groups in total. The van der Waals surface area contributed by atoms with Crippen molar-refractivity contribution < 1.29 is 4.74 Å². The first kappa shape index (κ1) is 27.8. The van der Waals surface area contributed by atoms with Crippen LogP contribution in [0.2, 0.25) is 0 Å². The highest BCUT2D eigenvalue weighted by Gasteiger charge is 2.40. The zero-order chi connectivity index (χ0) is 26.9. The van der Waals surface area contributed by atoms with Gasteiger partial charge in [0.05, 0.1) is 11.7 Å². The molecule has 0 amide bonds. The lowest BCUT2D eigenvalue weighted by Gasteiger charge is -2.41. The summed E-state index contributed by atoms with van der Waals surface area (Å²) in [7, 11) is 0. The van der Waals surface area contributed by atoms with E-state index in [1.807, 2.05) is 0 Å². The second kappa shape index (κ2) is 13.6. The number of unbranched alkanes of at least 4 members (excludes halogenated alkanes) is 10. The number of aromatic nitrogens is 2. The van der Waals surface area contributed by atoms with Crippen molar-refractivity contribution in [2.45, 2.75) is 109 Å². The molecule has 4 heteroatoms. The number of hydrogen-bond acceptors (Lipinski definition) is 4. The van der Waals surface area contributed by atoms with E-state index in [1.165, 1.54) is 111 Å². The number of hydrogen-bond donors (Lipinski definition) is 0. The van der Waals surface area contributed by atoms with Crippen LogP contribution in [-0.4, -0.2) is 8.75 Å². The SMILES string of the molecule is CCCCCCCCC1(CCCCCCCC)Oc2ccccc2-c2ccc(-c3cccc4nsnc34)cc21. The molecule has 5 rings (SSSR count). The van der Waals surface area contributed by atoms with E-state index in [4.69, 9.17) is 4.74 Å². The second-order valence-electron chi connectivity index (χ2n) is 11.3. The first-order valence-corrected chi connectivity index (χ1v) is 16.1. The molecule has 1 aliphatic rings. The van der Waals surface area contributed by atoms with Crippen LogP contribution in [0.3, 0.4) is 0 Å². The summed E-state index contributed by atoms with van der Waals surface area (Å²) in [5.74, 6) is 1.04. The molecule has 0 fully saturated rings. The number of benzene rings is 3. The molecule has 1 aliphatic heterocycles. The zero-order valence-electron chi connectivity index (χ0n) is 23.9. The maximum absolute atomic E-state index is 7.14. The van der Waals surface area contributed by atoms with Gasteiger partial charge in [0.25, 0.3) is 0 Å². The molecule has 0 aliphatic carbocycles. The number of nitrogens with zero attached hydrogens (tertiary/aromatic N) is 2. The first-order valence-electron chi connectivity index (χ1n) is 15.4. The third-order valence-electron chi connectivity index (χ3n) is 8.46. The summed E-state index contributed by atoms with van der Waals surface area (Å²) in [6.07, 6.45) is 17.7. The molecule has 3 nitrogen and oxygen atoms in total. The third-order valence-corrected chi connectivity index (χ3v) is 9.00. The maximum atomic E-state index is 7.14. The van der Waals surface area contributed by atoms with Gasteiger partial charge in [-0.15, -0.1) is 0 Å². The molecule has 39 heavy (non-hydrogen) atoms. The molecular weight excluding hydrogens is 496 g/mol. The van der Waals surface area contributed by atoms with E-state index in [0.29, 0.717) is 0 Å². The van der Waals surface area contributed by atoms with E-state index in [9.17, 15) is 0 Å². The Labute approximate surface area is 239 Å². The van der Waals surface area contributed by atoms with E-state index in [-0.39, 0.29) is 5.60 Å². The van der Waals surface area contributed by atoms with Crippen LogP contribution in [0.1, 0.15) is 109 Å². The lowest BCUT2D eigenvalue weighted by atomic mass is 9.76. The topological polar surface area (TPSA) is 35.0 Å². The summed E-state index contributed by atoms with van der Waals surface area (Å²) in [6, 6.07) is 22.0. The fourth-order valence-electron chi connectivity index (χ4n) is 6.28. The fourth-order valence-corrected chi connectivity index (χ4v) is 6.83. The molecule has 2 heterocycles. The first-order chi connectivity index (χ1) is 19.3. The van der Waals surface area contributed by atoms with Crippen LogP contribution >= 0.6 is 11.7 Å². The Kier molecular flexibility index (Phi) is 9.68. The van der Waals surface area contributed by atoms with Gasteiger partial charge in [0, 0.05) is 16.7 Å². The summed E-state index contributed by atoms with van der Waals surface area (Å²) in [6.45, 7) is 4.58. The smallest absolute Gasteiger partial charge is 0.135 e. The lowest BCUT2D eigenvalue weighted by Crippen LogP contribution is -2.36. The van der Waals surface area contributed by atoms with Gasteiger partial charge in [-0.05, 0) is 55.0 Å². The van der Waals surface area contributed by atoms with Gasteiger partial charge in [0.2, 0.25) is 0 Å². The minimum Gasteiger partial charge on any atom is -0.482 e. The normalized spacial score (nSPS) is 13.7. The molecule has 0 saturated heterocycles. The Morgan fingerprint density at radius 3 is 2.05 bits per heavy atom. The van der Waals surface area contributed by atoms with E-state index in [0.717, 1.165) is 35.2 Å². The number of ether oxygens (including phenoxy) is 1. The Morgan fingerprint density at radius 2 is 1.31 bits per heavy atom.